The molecule has 1 unspecified atom stereocenters. The molecule has 1 aromatic carbocycles. The van der Waals surface area contributed by atoms with E-state index in [0.717, 1.165) is 12.8 Å². The third-order valence-corrected chi connectivity index (χ3v) is 3.48. The maximum absolute atomic E-state index is 5.16. The molecule has 0 aliphatic rings. The highest BCUT2D eigenvalue weighted by Gasteiger charge is 2.16. The van der Waals surface area contributed by atoms with Crippen LogP contribution in [0.2, 0.25) is 0 Å². The maximum Gasteiger partial charge on any atom is 0.228 e. The van der Waals surface area contributed by atoms with E-state index in [1.807, 2.05) is 13.1 Å². The van der Waals surface area contributed by atoms with Gasteiger partial charge in [-0.25, -0.2) is 4.98 Å². The third kappa shape index (κ3) is 3.47. The molecule has 0 N–H and O–H groups in total. The molecule has 1 atom stereocenters. The molecular formula is C16H21N3O. The van der Waals surface area contributed by atoms with Gasteiger partial charge in [-0.2, -0.15) is 4.98 Å². The van der Waals surface area contributed by atoms with Crippen LogP contribution in [0.3, 0.4) is 0 Å². The van der Waals surface area contributed by atoms with Gasteiger partial charge in [0.1, 0.15) is 0 Å². The summed E-state index contributed by atoms with van der Waals surface area (Å²) < 4.78 is 5.16. The lowest BCUT2D eigenvalue weighted by molar-refractivity contribution is 0.396. The van der Waals surface area contributed by atoms with Gasteiger partial charge in [0.15, 0.2) is 0 Å². The van der Waals surface area contributed by atoms with Gasteiger partial charge in [-0.15, -0.1) is 0 Å². The van der Waals surface area contributed by atoms with Gasteiger partial charge in [0.05, 0.1) is 7.11 Å². The van der Waals surface area contributed by atoms with E-state index in [0.29, 0.717) is 17.9 Å². The Morgan fingerprint density at radius 2 is 1.95 bits per heavy atom. The predicted octanol–water partition coefficient (Wildman–Crippen LogP) is 2.94. The fraction of sp³-hybridized carbons (Fsp3) is 0.375. The van der Waals surface area contributed by atoms with E-state index >= 15 is 0 Å². The number of rotatable bonds is 6. The summed E-state index contributed by atoms with van der Waals surface area (Å²) in [5, 5.41) is 0. The lowest BCUT2D eigenvalue weighted by atomic mass is 10.0. The second-order valence-corrected chi connectivity index (χ2v) is 4.76. The molecule has 4 heteroatoms. The van der Waals surface area contributed by atoms with Gasteiger partial charge in [-0.1, -0.05) is 37.3 Å². The van der Waals surface area contributed by atoms with Crippen LogP contribution >= 0.6 is 0 Å². The van der Waals surface area contributed by atoms with Crippen molar-refractivity contribution >= 4 is 5.95 Å². The van der Waals surface area contributed by atoms with E-state index in [4.69, 9.17) is 4.74 Å². The van der Waals surface area contributed by atoms with E-state index in [1.165, 1.54) is 5.56 Å². The molecule has 0 radical (unpaired) electrons. The number of likely N-dealkylation sites (N-methyl/N-ethyl adjacent to an activating group) is 1. The Morgan fingerprint density at radius 3 is 2.60 bits per heavy atom. The van der Waals surface area contributed by atoms with Gasteiger partial charge in [0.25, 0.3) is 0 Å². The van der Waals surface area contributed by atoms with Crippen LogP contribution in [0, 0.1) is 0 Å². The summed E-state index contributed by atoms with van der Waals surface area (Å²) in [5.74, 6) is 1.29. The molecule has 0 fully saturated rings. The van der Waals surface area contributed by atoms with Crippen LogP contribution in [-0.4, -0.2) is 30.2 Å². The first-order valence-electron chi connectivity index (χ1n) is 6.88. The van der Waals surface area contributed by atoms with E-state index in [-0.39, 0.29) is 0 Å². The minimum Gasteiger partial charge on any atom is -0.481 e. The minimum absolute atomic E-state index is 0.365. The molecule has 0 saturated carbocycles. The zero-order valence-corrected chi connectivity index (χ0v) is 12.3. The monoisotopic (exact) mass is 271 g/mol. The summed E-state index contributed by atoms with van der Waals surface area (Å²) in [6.45, 7) is 2.18. The van der Waals surface area contributed by atoms with Crippen LogP contribution in [0.1, 0.15) is 18.9 Å². The maximum atomic E-state index is 5.16. The smallest absolute Gasteiger partial charge is 0.228 e. The Morgan fingerprint density at radius 1 is 1.20 bits per heavy atom. The van der Waals surface area contributed by atoms with Gasteiger partial charge < -0.3 is 9.64 Å². The molecule has 0 aliphatic heterocycles. The van der Waals surface area contributed by atoms with Crippen molar-refractivity contribution in [2.75, 3.05) is 19.1 Å². The molecule has 20 heavy (non-hydrogen) atoms. The second-order valence-electron chi connectivity index (χ2n) is 4.76. The molecule has 4 nitrogen and oxygen atoms in total. The molecule has 1 aromatic heterocycles. The van der Waals surface area contributed by atoms with Gasteiger partial charge in [-0.05, 0) is 18.4 Å². The lowest BCUT2D eigenvalue weighted by Crippen LogP contribution is -2.34. The fourth-order valence-electron chi connectivity index (χ4n) is 2.22. The average Bonchev–Trinajstić information content (AvgIpc) is 2.53. The number of hydrogen-bond donors (Lipinski definition) is 0. The molecule has 0 bridgehead atoms. The Kier molecular flexibility index (Phi) is 4.93. The number of anilines is 1. The lowest BCUT2D eigenvalue weighted by Gasteiger charge is -2.27. The Bertz CT molecular complexity index is 530. The first-order valence-corrected chi connectivity index (χ1v) is 6.88. The Balaban J connectivity index is 2.13. The number of hydrogen-bond acceptors (Lipinski definition) is 4. The van der Waals surface area contributed by atoms with Crippen molar-refractivity contribution in [3.63, 3.8) is 0 Å². The van der Waals surface area contributed by atoms with Crippen molar-refractivity contribution in [2.24, 2.45) is 0 Å². The van der Waals surface area contributed by atoms with E-state index < -0.39 is 0 Å². The van der Waals surface area contributed by atoms with Gasteiger partial charge in [0.2, 0.25) is 11.8 Å². The van der Waals surface area contributed by atoms with Gasteiger partial charge >= 0.3 is 0 Å². The number of nitrogens with zero attached hydrogens (tertiary/aromatic N) is 3. The van der Waals surface area contributed by atoms with Crippen LogP contribution < -0.4 is 9.64 Å². The summed E-state index contributed by atoms with van der Waals surface area (Å²) in [4.78, 5) is 10.8. The zero-order valence-electron chi connectivity index (χ0n) is 12.3. The van der Waals surface area contributed by atoms with Crippen molar-refractivity contribution in [2.45, 2.75) is 25.8 Å². The molecular weight excluding hydrogens is 250 g/mol. The fourth-order valence-corrected chi connectivity index (χ4v) is 2.22. The quantitative estimate of drug-likeness (QED) is 0.809. The topological polar surface area (TPSA) is 38.2 Å². The largest absolute Gasteiger partial charge is 0.481 e. The van der Waals surface area contributed by atoms with Crippen molar-refractivity contribution in [1.29, 1.82) is 0 Å². The first-order chi connectivity index (χ1) is 9.74. The number of methoxy groups -OCH3 is 1. The standard InChI is InChI=1S/C16H21N3O/c1-4-14(12-13-8-6-5-7-9-13)19(2)16-17-11-10-15(18-16)20-3/h5-11,14H,4,12H2,1-3H3. The van der Waals surface area contributed by atoms with Gasteiger partial charge in [0, 0.05) is 25.4 Å². The first kappa shape index (κ1) is 14.3. The van der Waals surface area contributed by atoms with E-state index in [1.54, 1.807) is 19.4 Å². The highest BCUT2D eigenvalue weighted by atomic mass is 16.5. The van der Waals surface area contributed by atoms with Crippen LogP contribution in [0.4, 0.5) is 5.95 Å². The minimum atomic E-state index is 0.365. The second kappa shape index (κ2) is 6.89. The van der Waals surface area contributed by atoms with E-state index in [9.17, 15) is 0 Å². The molecule has 0 spiro atoms. The van der Waals surface area contributed by atoms with Crippen molar-refractivity contribution < 1.29 is 4.74 Å². The molecule has 1 heterocycles. The van der Waals surface area contributed by atoms with E-state index in [2.05, 4.69) is 46.1 Å². The van der Waals surface area contributed by atoms with Crippen molar-refractivity contribution in [3.05, 3.63) is 48.2 Å². The highest BCUT2D eigenvalue weighted by Crippen LogP contribution is 2.17. The molecule has 2 rings (SSSR count). The molecule has 106 valence electrons. The molecule has 0 aliphatic carbocycles. The number of ether oxygens (including phenoxy) is 1. The normalized spacial score (nSPS) is 11.9. The summed E-state index contributed by atoms with van der Waals surface area (Å²) in [7, 11) is 3.65. The van der Waals surface area contributed by atoms with Crippen molar-refractivity contribution in [3.8, 4) is 5.88 Å². The number of benzene rings is 1. The summed E-state index contributed by atoms with van der Waals surface area (Å²) in [6, 6.07) is 12.6. The summed E-state index contributed by atoms with van der Waals surface area (Å²) in [5.41, 5.74) is 1.33. The Hall–Kier alpha value is -2.10. The average molecular weight is 271 g/mol. The van der Waals surface area contributed by atoms with Crippen LogP contribution in [-0.2, 0) is 6.42 Å². The van der Waals surface area contributed by atoms with Crippen LogP contribution in [0.25, 0.3) is 0 Å². The molecule has 2 aromatic rings. The number of aromatic nitrogens is 2. The van der Waals surface area contributed by atoms with Gasteiger partial charge in [-0.3, -0.25) is 0 Å². The zero-order chi connectivity index (χ0) is 14.4. The third-order valence-electron chi connectivity index (χ3n) is 3.48. The summed E-state index contributed by atoms with van der Waals surface area (Å²) >= 11 is 0. The highest BCUT2D eigenvalue weighted by molar-refractivity contribution is 5.33. The van der Waals surface area contributed by atoms with Crippen molar-refractivity contribution in [1.82, 2.24) is 9.97 Å². The Labute approximate surface area is 120 Å². The SMILES string of the molecule is CCC(Cc1ccccc1)N(C)c1nccc(OC)n1. The van der Waals surface area contributed by atoms with Crippen LogP contribution in [0.5, 0.6) is 5.88 Å². The summed E-state index contributed by atoms with van der Waals surface area (Å²) in [6.07, 6.45) is 3.74. The van der Waals surface area contributed by atoms with Crippen LogP contribution in [0.15, 0.2) is 42.6 Å². The molecule has 0 saturated heterocycles. The predicted molar refractivity (Wildman–Crippen MR) is 81.2 cm³/mol. The molecule has 0 amide bonds.